The lowest BCUT2D eigenvalue weighted by molar-refractivity contribution is 0.311. The Kier molecular flexibility index (Phi) is 8.41. The van der Waals surface area contributed by atoms with Crippen molar-refractivity contribution in [3.63, 3.8) is 0 Å². The highest BCUT2D eigenvalue weighted by atomic mass is 16.5. The van der Waals surface area contributed by atoms with Crippen molar-refractivity contribution < 1.29 is 9.47 Å². The van der Waals surface area contributed by atoms with E-state index in [2.05, 4.69) is 72.0 Å². The summed E-state index contributed by atoms with van der Waals surface area (Å²) in [5.41, 5.74) is 4.85. The Morgan fingerprint density at radius 1 is 0.545 bits per heavy atom. The molecule has 0 saturated carbocycles. The number of aryl methyl sites for hydroxylation is 1. The summed E-state index contributed by atoms with van der Waals surface area (Å²) in [7, 11) is 0. The van der Waals surface area contributed by atoms with Crippen LogP contribution in [0.25, 0.3) is 0 Å². The minimum Gasteiger partial charge on any atom is -0.494 e. The summed E-state index contributed by atoms with van der Waals surface area (Å²) in [5, 5.41) is 3.49. The molecular weight excluding hydrogens is 406 g/mol. The first-order valence-electron chi connectivity index (χ1n) is 11.6. The Bertz CT molecular complexity index is 1080. The van der Waals surface area contributed by atoms with Gasteiger partial charge in [-0.15, -0.1) is 0 Å². The molecule has 3 heteroatoms. The van der Waals surface area contributed by atoms with Gasteiger partial charge in [0.2, 0.25) is 0 Å². The molecule has 0 aromatic heterocycles. The lowest BCUT2D eigenvalue weighted by Gasteiger charge is -2.13. The van der Waals surface area contributed by atoms with Crippen LogP contribution < -0.4 is 14.8 Å². The number of ether oxygens (including phenoxy) is 2. The van der Waals surface area contributed by atoms with Crippen LogP contribution in [-0.2, 0) is 19.4 Å². The van der Waals surface area contributed by atoms with Gasteiger partial charge in [-0.3, -0.25) is 0 Å². The van der Waals surface area contributed by atoms with Crippen LogP contribution in [-0.4, -0.2) is 13.2 Å². The summed E-state index contributed by atoms with van der Waals surface area (Å²) in [6.45, 7) is 2.09. The van der Waals surface area contributed by atoms with E-state index in [-0.39, 0.29) is 0 Å². The monoisotopic (exact) mass is 437 g/mol. The van der Waals surface area contributed by atoms with Crippen LogP contribution in [0.4, 0.5) is 5.69 Å². The fraction of sp³-hybridized carbons (Fsp3) is 0.200. The highest BCUT2D eigenvalue weighted by molar-refractivity contribution is 5.48. The van der Waals surface area contributed by atoms with Gasteiger partial charge in [0.1, 0.15) is 11.5 Å². The van der Waals surface area contributed by atoms with E-state index >= 15 is 0 Å². The van der Waals surface area contributed by atoms with E-state index in [0.29, 0.717) is 13.2 Å². The highest BCUT2D eigenvalue weighted by Gasteiger charge is 2.04. The van der Waals surface area contributed by atoms with Crippen LogP contribution in [0.2, 0.25) is 0 Å². The third-order valence-corrected chi connectivity index (χ3v) is 5.52. The van der Waals surface area contributed by atoms with Crippen LogP contribution in [0.15, 0.2) is 109 Å². The maximum absolute atomic E-state index is 6.08. The van der Waals surface area contributed by atoms with E-state index in [1.807, 2.05) is 42.5 Å². The number of para-hydroxylation sites is 1. The van der Waals surface area contributed by atoms with Crippen molar-refractivity contribution in [3.05, 3.63) is 126 Å². The van der Waals surface area contributed by atoms with Gasteiger partial charge in [0.25, 0.3) is 0 Å². The molecule has 0 amide bonds. The first kappa shape index (κ1) is 22.5. The van der Waals surface area contributed by atoms with Crippen molar-refractivity contribution in [2.45, 2.75) is 25.8 Å². The van der Waals surface area contributed by atoms with Gasteiger partial charge in [0.05, 0.1) is 13.2 Å². The van der Waals surface area contributed by atoms with Gasteiger partial charge in [-0.2, -0.15) is 0 Å². The van der Waals surface area contributed by atoms with Crippen LogP contribution >= 0.6 is 0 Å². The van der Waals surface area contributed by atoms with Crippen molar-refractivity contribution in [1.29, 1.82) is 0 Å². The lowest BCUT2D eigenvalue weighted by Crippen LogP contribution is -2.06. The second-order valence-electron chi connectivity index (χ2n) is 8.01. The normalized spacial score (nSPS) is 10.5. The number of hydrogen-bond donors (Lipinski definition) is 1. The number of nitrogens with one attached hydrogen (secondary N) is 1. The fourth-order valence-corrected chi connectivity index (χ4v) is 3.69. The molecule has 1 N–H and O–H groups in total. The van der Waals surface area contributed by atoms with Crippen LogP contribution in [0.3, 0.4) is 0 Å². The second-order valence-corrected chi connectivity index (χ2v) is 8.01. The molecule has 0 aliphatic heterocycles. The summed E-state index contributed by atoms with van der Waals surface area (Å²) in [4.78, 5) is 0. The molecule has 0 saturated heterocycles. The smallest absolute Gasteiger partial charge is 0.124 e. The predicted octanol–water partition coefficient (Wildman–Crippen LogP) is 6.93. The van der Waals surface area contributed by atoms with Gasteiger partial charge in [-0.1, -0.05) is 78.9 Å². The van der Waals surface area contributed by atoms with Gasteiger partial charge in [-0.25, -0.2) is 0 Å². The second kappa shape index (κ2) is 12.4. The summed E-state index contributed by atoms with van der Waals surface area (Å²) in [6, 6.07) is 37.3. The first-order chi connectivity index (χ1) is 16.4. The SMILES string of the molecule is c1ccc(CCCOc2ccc(NCc3ccccc3OCCc3ccccc3)cc2)cc1. The minimum atomic E-state index is 0.664. The maximum Gasteiger partial charge on any atom is 0.124 e. The average molecular weight is 438 g/mol. The average Bonchev–Trinajstić information content (AvgIpc) is 2.88. The molecule has 4 aromatic carbocycles. The Labute approximate surface area is 197 Å². The molecule has 4 rings (SSSR count). The zero-order valence-electron chi connectivity index (χ0n) is 19.0. The molecule has 3 nitrogen and oxygen atoms in total. The third kappa shape index (κ3) is 7.43. The molecule has 0 aliphatic rings. The fourth-order valence-electron chi connectivity index (χ4n) is 3.69. The number of hydrogen-bond acceptors (Lipinski definition) is 3. The Hall–Kier alpha value is -3.72. The highest BCUT2D eigenvalue weighted by Crippen LogP contribution is 2.21. The van der Waals surface area contributed by atoms with Gasteiger partial charge in [-0.05, 0) is 54.3 Å². The molecule has 0 fully saturated rings. The van der Waals surface area contributed by atoms with E-state index in [0.717, 1.165) is 48.6 Å². The van der Waals surface area contributed by atoms with Crippen molar-refractivity contribution in [2.24, 2.45) is 0 Å². The molecule has 4 aromatic rings. The lowest BCUT2D eigenvalue weighted by atomic mass is 10.1. The largest absolute Gasteiger partial charge is 0.494 e. The molecule has 0 bridgehead atoms. The predicted molar refractivity (Wildman–Crippen MR) is 136 cm³/mol. The van der Waals surface area contributed by atoms with Crippen molar-refractivity contribution >= 4 is 5.69 Å². The topological polar surface area (TPSA) is 30.5 Å². The molecular formula is C30H31NO2. The zero-order valence-corrected chi connectivity index (χ0v) is 19.0. The van der Waals surface area contributed by atoms with Crippen molar-refractivity contribution in [3.8, 4) is 11.5 Å². The van der Waals surface area contributed by atoms with E-state index in [1.165, 1.54) is 11.1 Å². The summed E-state index contributed by atoms with van der Waals surface area (Å²) in [6.07, 6.45) is 2.94. The number of benzene rings is 4. The molecule has 0 unspecified atom stereocenters. The van der Waals surface area contributed by atoms with Gasteiger partial charge < -0.3 is 14.8 Å². The van der Waals surface area contributed by atoms with Crippen molar-refractivity contribution in [1.82, 2.24) is 0 Å². The van der Waals surface area contributed by atoms with Crippen molar-refractivity contribution in [2.75, 3.05) is 18.5 Å². The van der Waals surface area contributed by atoms with Crippen LogP contribution in [0.5, 0.6) is 11.5 Å². The van der Waals surface area contributed by atoms with E-state index in [4.69, 9.17) is 9.47 Å². The maximum atomic E-state index is 6.08. The Morgan fingerprint density at radius 2 is 1.18 bits per heavy atom. The van der Waals surface area contributed by atoms with E-state index in [9.17, 15) is 0 Å². The quantitative estimate of drug-likeness (QED) is 0.244. The van der Waals surface area contributed by atoms with Crippen LogP contribution in [0.1, 0.15) is 23.1 Å². The molecule has 33 heavy (non-hydrogen) atoms. The van der Waals surface area contributed by atoms with Gasteiger partial charge in [0, 0.05) is 24.2 Å². The molecule has 0 radical (unpaired) electrons. The minimum absolute atomic E-state index is 0.664. The van der Waals surface area contributed by atoms with Gasteiger partial charge in [0.15, 0.2) is 0 Å². The molecule has 0 atom stereocenters. The molecule has 0 aliphatic carbocycles. The van der Waals surface area contributed by atoms with E-state index < -0.39 is 0 Å². The number of anilines is 1. The Balaban J connectivity index is 1.21. The van der Waals surface area contributed by atoms with E-state index in [1.54, 1.807) is 0 Å². The molecule has 168 valence electrons. The molecule has 0 spiro atoms. The summed E-state index contributed by atoms with van der Waals surface area (Å²) in [5.74, 6) is 1.83. The van der Waals surface area contributed by atoms with Gasteiger partial charge >= 0.3 is 0 Å². The molecule has 0 heterocycles. The number of rotatable bonds is 12. The summed E-state index contributed by atoms with van der Waals surface area (Å²) >= 11 is 0. The Morgan fingerprint density at radius 3 is 1.91 bits per heavy atom. The standard InChI is InChI=1S/C30H31NO2/c1-3-10-25(11-4-1)14-9-22-32-29-19-17-28(18-20-29)31-24-27-15-7-8-16-30(27)33-23-21-26-12-5-2-6-13-26/h1-8,10-13,15-20,31H,9,14,21-24H2. The summed E-state index contributed by atoms with van der Waals surface area (Å²) < 4.78 is 12.0. The first-order valence-corrected chi connectivity index (χ1v) is 11.6. The third-order valence-electron chi connectivity index (χ3n) is 5.52. The zero-order chi connectivity index (χ0) is 22.6. The van der Waals surface area contributed by atoms with Crippen LogP contribution in [0, 0.1) is 0 Å².